The van der Waals surface area contributed by atoms with Crippen molar-refractivity contribution in [2.75, 3.05) is 26.3 Å². The average molecular weight is 330 g/mol. The van der Waals surface area contributed by atoms with E-state index in [1.807, 2.05) is 18.3 Å². The summed E-state index contributed by atoms with van der Waals surface area (Å²) in [7, 11) is 0. The van der Waals surface area contributed by atoms with Crippen LogP contribution in [0.25, 0.3) is 11.8 Å². The van der Waals surface area contributed by atoms with Crippen molar-refractivity contribution < 1.29 is 4.74 Å². The molecule has 0 radical (unpaired) electrons. The summed E-state index contributed by atoms with van der Waals surface area (Å²) >= 11 is 6.03. The van der Waals surface area contributed by atoms with Gasteiger partial charge in [-0.15, -0.1) is 0 Å². The Hall–Kier alpha value is -1.75. The molecule has 120 valence electrons. The monoisotopic (exact) mass is 329 g/mol. The number of benzene rings is 1. The van der Waals surface area contributed by atoms with Crippen molar-refractivity contribution in [3.05, 3.63) is 58.5 Å². The van der Waals surface area contributed by atoms with Crippen molar-refractivity contribution in [2.24, 2.45) is 0 Å². The van der Waals surface area contributed by atoms with Crippen LogP contribution >= 0.6 is 11.6 Å². The molecule has 0 bridgehead atoms. The van der Waals surface area contributed by atoms with E-state index in [1.165, 1.54) is 16.8 Å². The van der Waals surface area contributed by atoms with Gasteiger partial charge in [0, 0.05) is 47.8 Å². The van der Waals surface area contributed by atoms with Crippen LogP contribution in [0.1, 0.15) is 16.8 Å². The predicted octanol–water partition coefficient (Wildman–Crippen LogP) is 3.04. The van der Waals surface area contributed by atoms with E-state index in [2.05, 4.69) is 39.2 Å². The van der Waals surface area contributed by atoms with E-state index in [0.29, 0.717) is 0 Å². The second-order valence-electron chi connectivity index (χ2n) is 5.96. The van der Waals surface area contributed by atoms with Crippen molar-refractivity contribution >= 4 is 17.7 Å². The van der Waals surface area contributed by atoms with Crippen molar-refractivity contribution in [3.63, 3.8) is 0 Å². The van der Waals surface area contributed by atoms with Gasteiger partial charge in [-0.05, 0) is 42.1 Å². The van der Waals surface area contributed by atoms with Crippen LogP contribution in [0.2, 0.25) is 5.02 Å². The quantitative estimate of drug-likeness (QED) is 0.938. The number of hydrogen-bond donors (Lipinski definition) is 1. The summed E-state index contributed by atoms with van der Waals surface area (Å²) in [5.41, 5.74) is 5.16. The number of fused-ring (bicyclic) bond motifs is 1. The van der Waals surface area contributed by atoms with E-state index in [4.69, 9.17) is 16.3 Å². The summed E-state index contributed by atoms with van der Waals surface area (Å²) in [5, 5.41) is 4.08. The first kappa shape index (κ1) is 14.8. The number of ether oxygens (including phenoxy) is 1. The van der Waals surface area contributed by atoms with Gasteiger partial charge in [0.15, 0.2) is 0 Å². The Labute approximate surface area is 141 Å². The van der Waals surface area contributed by atoms with Crippen LogP contribution in [-0.4, -0.2) is 35.8 Å². The van der Waals surface area contributed by atoms with Gasteiger partial charge in [0.2, 0.25) is 0 Å². The molecule has 4 rings (SSSR count). The van der Waals surface area contributed by atoms with Crippen LogP contribution in [0, 0.1) is 0 Å². The average Bonchev–Trinajstić information content (AvgIpc) is 2.95. The summed E-state index contributed by atoms with van der Waals surface area (Å²) in [6, 6.07) is 8.02. The lowest BCUT2D eigenvalue weighted by Crippen LogP contribution is -2.35. The molecule has 0 unspecified atom stereocenters. The Morgan fingerprint density at radius 2 is 1.91 bits per heavy atom. The lowest BCUT2D eigenvalue weighted by molar-refractivity contribution is 0.0341. The molecule has 2 aromatic rings. The Kier molecular flexibility index (Phi) is 4.12. The molecule has 3 heterocycles. The molecule has 0 aliphatic carbocycles. The van der Waals surface area contributed by atoms with E-state index >= 15 is 0 Å². The van der Waals surface area contributed by atoms with Gasteiger partial charge in [0.1, 0.15) is 0 Å². The second-order valence-corrected chi connectivity index (χ2v) is 6.40. The molecule has 0 atom stereocenters. The fraction of sp³-hybridized carbons (Fsp3) is 0.333. The molecule has 2 aliphatic rings. The van der Waals surface area contributed by atoms with Gasteiger partial charge in [-0.1, -0.05) is 11.6 Å². The van der Waals surface area contributed by atoms with Crippen LogP contribution < -0.4 is 5.32 Å². The summed E-state index contributed by atoms with van der Waals surface area (Å²) < 4.78 is 7.73. The fourth-order valence-electron chi connectivity index (χ4n) is 3.26. The Bertz CT molecular complexity index is 715. The zero-order valence-electron chi connectivity index (χ0n) is 13.0. The zero-order chi connectivity index (χ0) is 15.6. The molecule has 0 amide bonds. The molecule has 1 saturated heterocycles. The van der Waals surface area contributed by atoms with Crippen LogP contribution in [-0.2, 0) is 17.8 Å². The molecule has 1 aromatic heterocycles. The number of aromatic nitrogens is 1. The summed E-state index contributed by atoms with van der Waals surface area (Å²) in [4.78, 5) is 2.46. The van der Waals surface area contributed by atoms with Crippen LogP contribution in [0.4, 0.5) is 0 Å². The molecule has 0 spiro atoms. The van der Waals surface area contributed by atoms with Gasteiger partial charge in [-0.3, -0.25) is 4.90 Å². The molecule has 1 fully saturated rings. The second kappa shape index (κ2) is 6.40. The van der Waals surface area contributed by atoms with E-state index in [0.717, 1.165) is 50.1 Å². The smallest absolute Gasteiger partial charge is 0.0594 e. The third kappa shape index (κ3) is 3.02. The third-order valence-electron chi connectivity index (χ3n) is 4.47. The van der Waals surface area contributed by atoms with Crippen molar-refractivity contribution in [2.45, 2.75) is 13.1 Å². The van der Waals surface area contributed by atoms with Gasteiger partial charge in [-0.2, -0.15) is 0 Å². The third-order valence-corrected chi connectivity index (χ3v) is 4.72. The summed E-state index contributed by atoms with van der Waals surface area (Å²) in [6.07, 6.45) is 6.49. The molecule has 1 N–H and O–H groups in total. The largest absolute Gasteiger partial charge is 0.385 e. The Morgan fingerprint density at radius 3 is 2.70 bits per heavy atom. The molecule has 2 aliphatic heterocycles. The SMILES string of the molecule is Clc1ccc(-n2cc(CN3CCOCC3)c3c2CNC=C3)cc1. The molecule has 0 saturated carbocycles. The van der Waals surface area contributed by atoms with Gasteiger partial charge >= 0.3 is 0 Å². The maximum atomic E-state index is 6.03. The van der Waals surface area contributed by atoms with Crippen molar-refractivity contribution in [1.82, 2.24) is 14.8 Å². The minimum atomic E-state index is 0.765. The van der Waals surface area contributed by atoms with Gasteiger partial charge in [-0.25, -0.2) is 0 Å². The highest BCUT2D eigenvalue weighted by Gasteiger charge is 2.19. The number of nitrogens with zero attached hydrogens (tertiary/aromatic N) is 2. The molecule has 1 aromatic carbocycles. The van der Waals surface area contributed by atoms with Gasteiger partial charge in [0.05, 0.1) is 19.8 Å². The number of morpholine rings is 1. The lowest BCUT2D eigenvalue weighted by atomic mass is 10.1. The normalized spacial score (nSPS) is 17.8. The lowest BCUT2D eigenvalue weighted by Gasteiger charge is -2.26. The first-order valence-electron chi connectivity index (χ1n) is 8.00. The molecule has 4 nitrogen and oxygen atoms in total. The minimum absolute atomic E-state index is 0.765. The Balaban J connectivity index is 1.69. The van der Waals surface area contributed by atoms with Crippen LogP contribution in [0.3, 0.4) is 0 Å². The zero-order valence-corrected chi connectivity index (χ0v) is 13.7. The number of hydrogen-bond acceptors (Lipinski definition) is 3. The standard InChI is InChI=1S/C18H20ClN3O/c19-15-1-3-16(4-2-15)22-13-14(12-21-7-9-23-10-8-21)17-5-6-20-11-18(17)22/h1-6,13,20H,7-12H2. The van der Waals surface area contributed by atoms with Gasteiger partial charge in [0.25, 0.3) is 0 Å². The minimum Gasteiger partial charge on any atom is -0.385 e. The number of rotatable bonds is 3. The fourth-order valence-corrected chi connectivity index (χ4v) is 3.38. The van der Waals surface area contributed by atoms with Crippen LogP contribution in [0.15, 0.2) is 36.7 Å². The first-order chi connectivity index (χ1) is 11.3. The number of halogens is 1. The topological polar surface area (TPSA) is 29.4 Å². The highest BCUT2D eigenvalue weighted by Crippen LogP contribution is 2.27. The Morgan fingerprint density at radius 1 is 1.13 bits per heavy atom. The molecule has 5 heteroatoms. The van der Waals surface area contributed by atoms with Crippen molar-refractivity contribution in [3.8, 4) is 5.69 Å². The van der Waals surface area contributed by atoms with E-state index in [9.17, 15) is 0 Å². The first-order valence-corrected chi connectivity index (χ1v) is 8.38. The molecule has 23 heavy (non-hydrogen) atoms. The van der Waals surface area contributed by atoms with Crippen LogP contribution in [0.5, 0.6) is 0 Å². The van der Waals surface area contributed by atoms with Gasteiger partial charge < -0.3 is 14.6 Å². The predicted molar refractivity (Wildman–Crippen MR) is 92.7 cm³/mol. The highest BCUT2D eigenvalue weighted by atomic mass is 35.5. The number of nitrogens with one attached hydrogen (secondary N) is 1. The van der Waals surface area contributed by atoms with E-state index in [-0.39, 0.29) is 0 Å². The van der Waals surface area contributed by atoms with E-state index in [1.54, 1.807) is 0 Å². The molecular formula is C18H20ClN3O. The summed E-state index contributed by atoms with van der Waals surface area (Å²) in [5.74, 6) is 0. The molecular weight excluding hydrogens is 310 g/mol. The van der Waals surface area contributed by atoms with Crippen molar-refractivity contribution in [1.29, 1.82) is 0 Å². The van der Waals surface area contributed by atoms with E-state index < -0.39 is 0 Å². The maximum Gasteiger partial charge on any atom is 0.0594 e. The summed E-state index contributed by atoms with van der Waals surface area (Å²) in [6.45, 7) is 5.48. The maximum absolute atomic E-state index is 6.03. The highest BCUT2D eigenvalue weighted by molar-refractivity contribution is 6.30.